The van der Waals surface area contributed by atoms with Crippen LogP contribution in [0.15, 0.2) is 77.3 Å². The Morgan fingerprint density at radius 1 is 0.830 bits per heavy atom. The zero-order valence-corrected chi connectivity index (χ0v) is 32.0. The molecular weight excluding hydrogens is 715 g/mol. The first-order chi connectivity index (χ1) is 25.7. The molecule has 1 unspecified atom stereocenters. The fourth-order valence-corrected chi connectivity index (χ4v) is 8.23. The maximum atomic E-state index is 13.9. The van der Waals surface area contributed by atoms with Crippen LogP contribution in [0.5, 0.6) is 17.2 Å². The Hall–Kier alpha value is -5.27. The minimum absolute atomic E-state index is 0.0519. The Balaban J connectivity index is 1.37. The monoisotopic (exact) mass is 757 g/mol. The molecule has 1 aromatic heterocycles. The Bertz CT molecular complexity index is 1990. The van der Waals surface area contributed by atoms with Crippen LogP contribution in [0.4, 0.5) is 10.7 Å². The second kappa shape index (κ2) is 18.5. The second-order valence-corrected chi connectivity index (χ2v) is 14.5. The van der Waals surface area contributed by atoms with Gasteiger partial charge in [0.25, 0.3) is 11.8 Å². The van der Waals surface area contributed by atoms with E-state index in [1.807, 2.05) is 13.0 Å². The number of aryl methyl sites for hydroxylation is 1. The number of nitrogens with one attached hydrogen (secondary N) is 3. The summed E-state index contributed by atoms with van der Waals surface area (Å²) in [6, 6.07) is 18.9. The summed E-state index contributed by atoms with van der Waals surface area (Å²) in [6.45, 7) is 1.92. The molecule has 11 nitrogen and oxygen atoms in total. The lowest BCUT2D eigenvalue weighted by molar-refractivity contribution is -0.116. The Morgan fingerprint density at radius 2 is 1.55 bits per heavy atom. The highest BCUT2D eigenvalue weighted by Gasteiger charge is 2.28. The molecule has 53 heavy (non-hydrogen) atoms. The summed E-state index contributed by atoms with van der Waals surface area (Å²) >= 11 is 2.80. The Kier molecular flexibility index (Phi) is 13.6. The molecule has 3 N–H and O–H groups in total. The van der Waals surface area contributed by atoms with E-state index in [0.717, 1.165) is 47.4 Å². The number of fused-ring (bicyclic) bond motifs is 1. The predicted molar refractivity (Wildman–Crippen MR) is 209 cm³/mol. The average molecular weight is 758 g/mol. The first-order valence-corrected chi connectivity index (χ1v) is 18.9. The molecule has 1 aliphatic carbocycles. The number of thiophene rings is 1. The fourth-order valence-electron chi connectivity index (χ4n) is 5.94. The summed E-state index contributed by atoms with van der Waals surface area (Å²) in [5.74, 6) is -0.517. The van der Waals surface area contributed by atoms with E-state index in [0.29, 0.717) is 51.0 Å². The number of benzene rings is 3. The topological polar surface area (TPSA) is 141 Å². The molecule has 0 fully saturated rings. The fraction of sp³-hybridized carbons (Fsp3) is 0.300. The van der Waals surface area contributed by atoms with Gasteiger partial charge in [-0.2, -0.15) is 0 Å². The Labute approximate surface area is 317 Å². The van der Waals surface area contributed by atoms with E-state index in [2.05, 4.69) is 16.0 Å². The van der Waals surface area contributed by atoms with Crippen molar-refractivity contribution < 1.29 is 38.1 Å². The molecule has 0 radical (unpaired) electrons. The molecule has 0 spiro atoms. The van der Waals surface area contributed by atoms with Crippen LogP contribution in [0.25, 0.3) is 6.08 Å². The van der Waals surface area contributed by atoms with Gasteiger partial charge >= 0.3 is 5.97 Å². The molecule has 3 aromatic carbocycles. The predicted octanol–water partition coefficient (Wildman–Crippen LogP) is 7.75. The number of carbonyl (C=O) groups excluding carboxylic acids is 4. The minimum Gasteiger partial charge on any atom is -0.496 e. The van der Waals surface area contributed by atoms with Crippen molar-refractivity contribution in [3.05, 3.63) is 99.6 Å². The molecule has 278 valence electrons. The van der Waals surface area contributed by atoms with E-state index < -0.39 is 23.0 Å². The summed E-state index contributed by atoms with van der Waals surface area (Å²) < 4.78 is 21.5. The summed E-state index contributed by atoms with van der Waals surface area (Å²) in [5, 5.41) is 8.69. The maximum absolute atomic E-state index is 13.9. The molecule has 3 amide bonds. The van der Waals surface area contributed by atoms with Crippen molar-refractivity contribution in [3.8, 4) is 17.2 Å². The number of rotatable bonds is 14. The van der Waals surface area contributed by atoms with Crippen LogP contribution in [0.1, 0.15) is 69.3 Å². The Morgan fingerprint density at radius 3 is 2.25 bits per heavy atom. The van der Waals surface area contributed by atoms with Crippen molar-refractivity contribution in [2.75, 3.05) is 39.1 Å². The van der Waals surface area contributed by atoms with Crippen molar-refractivity contribution in [3.63, 3.8) is 0 Å². The van der Waals surface area contributed by atoms with E-state index in [1.165, 1.54) is 57.6 Å². The number of hydrogen-bond acceptors (Lipinski definition) is 10. The van der Waals surface area contributed by atoms with Gasteiger partial charge < -0.3 is 34.9 Å². The number of hydrogen-bond donors (Lipinski definition) is 3. The lowest BCUT2D eigenvalue weighted by Gasteiger charge is -2.16. The van der Waals surface area contributed by atoms with Crippen LogP contribution in [-0.4, -0.2) is 57.4 Å². The molecule has 4 aromatic rings. The zero-order valence-electron chi connectivity index (χ0n) is 30.3. The maximum Gasteiger partial charge on any atom is 0.341 e. The van der Waals surface area contributed by atoms with Crippen molar-refractivity contribution >= 4 is 63.6 Å². The van der Waals surface area contributed by atoms with Gasteiger partial charge in [0.05, 0.1) is 39.3 Å². The second-order valence-electron chi connectivity index (χ2n) is 12.1. The molecule has 0 saturated carbocycles. The molecule has 1 aliphatic rings. The van der Waals surface area contributed by atoms with Crippen LogP contribution in [0.3, 0.4) is 0 Å². The number of anilines is 2. The van der Waals surface area contributed by atoms with E-state index >= 15 is 0 Å². The number of thioether (sulfide) groups is 1. The third-order valence-electron chi connectivity index (χ3n) is 8.65. The molecule has 1 heterocycles. The normalized spacial score (nSPS) is 13.1. The van der Waals surface area contributed by atoms with Crippen LogP contribution in [-0.2, 0) is 27.2 Å². The van der Waals surface area contributed by atoms with Crippen molar-refractivity contribution in [2.45, 2.75) is 55.6 Å². The molecule has 5 rings (SSSR count). The lowest BCUT2D eigenvalue weighted by Crippen LogP contribution is -2.30. The minimum atomic E-state index is -0.592. The van der Waals surface area contributed by atoms with Crippen molar-refractivity contribution in [1.82, 2.24) is 5.32 Å². The average Bonchev–Trinajstić information content (AvgIpc) is 3.35. The van der Waals surface area contributed by atoms with E-state index in [-0.39, 0.29) is 11.6 Å². The van der Waals surface area contributed by atoms with Gasteiger partial charge in [-0.1, -0.05) is 37.6 Å². The van der Waals surface area contributed by atoms with Gasteiger partial charge in [-0.15, -0.1) is 23.1 Å². The third-order valence-corrected chi connectivity index (χ3v) is 11.2. The van der Waals surface area contributed by atoms with Crippen LogP contribution in [0, 0.1) is 0 Å². The first kappa shape index (κ1) is 38.9. The van der Waals surface area contributed by atoms with E-state index in [9.17, 15) is 19.2 Å². The van der Waals surface area contributed by atoms with Crippen molar-refractivity contribution in [1.29, 1.82) is 0 Å². The molecule has 0 bridgehead atoms. The highest BCUT2D eigenvalue weighted by atomic mass is 32.2. The van der Waals surface area contributed by atoms with Gasteiger partial charge in [0, 0.05) is 32.7 Å². The lowest BCUT2D eigenvalue weighted by atomic mass is 10.1. The van der Waals surface area contributed by atoms with Crippen molar-refractivity contribution in [2.24, 2.45) is 0 Å². The third kappa shape index (κ3) is 9.59. The molecule has 0 saturated heterocycles. The number of carbonyl (C=O) groups is 4. The zero-order chi connectivity index (χ0) is 37.9. The highest BCUT2D eigenvalue weighted by Crippen LogP contribution is 2.39. The van der Waals surface area contributed by atoms with Crippen LogP contribution in [0.2, 0.25) is 0 Å². The summed E-state index contributed by atoms with van der Waals surface area (Å²) in [7, 11) is 5.84. The van der Waals surface area contributed by atoms with Crippen LogP contribution < -0.4 is 30.2 Å². The summed E-state index contributed by atoms with van der Waals surface area (Å²) in [6.07, 6.45) is 6.80. The van der Waals surface area contributed by atoms with Gasteiger partial charge in [-0.25, -0.2) is 4.79 Å². The number of amides is 3. The number of methoxy groups -OCH3 is 4. The van der Waals surface area contributed by atoms with Gasteiger partial charge in [0.2, 0.25) is 5.91 Å². The smallest absolute Gasteiger partial charge is 0.341 e. The van der Waals surface area contributed by atoms with E-state index in [4.69, 9.17) is 18.9 Å². The van der Waals surface area contributed by atoms with E-state index in [1.54, 1.807) is 60.7 Å². The summed E-state index contributed by atoms with van der Waals surface area (Å²) in [5.41, 5.74) is 2.67. The summed E-state index contributed by atoms with van der Waals surface area (Å²) in [4.78, 5) is 55.5. The van der Waals surface area contributed by atoms with Gasteiger partial charge in [0.1, 0.15) is 16.4 Å². The standard InChI is InChI=1S/C40H43N3O8S2/c1-6-33(38(46)43-39-35(40(47)51-5)28-18-11-8-12-19-34(28)53-39)52-27-17-13-16-26(22-27)41-37(45)29(42-36(44)24-14-9-7-10-15-24)20-25-21-31(49-3)32(50-4)23-30(25)48-2/h7,9-10,13-17,20-23,33H,6,8,11-12,18-19H2,1-5H3,(H,41,45)(H,42,44)(H,43,46)/b29-20+. The molecular formula is C40H43N3O8S2. The largest absolute Gasteiger partial charge is 0.496 e. The van der Waals surface area contributed by atoms with Gasteiger partial charge in [-0.3, -0.25) is 14.4 Å². The SMILES string of the molecule is CCC(Sc1cccc(NC(=O)/C(=C\c2cc(OC)c(OC)cc2OC)NC(=O)c2ccccc2)c1)C(=O)Nc1sc2c(c1C(=O)OC)CCCCC2. The molecule has 13 heteroatoms. The van der Waals surface area contributed by atoms with Gasteiger partial charge in [0.15, 0.2) is 11.5 Å². The quantitative estimate of drug-likeness (QED) is 0.0510. The van der Waals surface area contributed by atoms with Crippen LogP contribution >= 0.6 is 23.1 Å². The number of esters is 1. The van der Waals surface area contributed by atoms with Gasteiger partial charge in [-0.05, 0) is 80.1 Å². The molecule has 1 atom stereocenters. The first-order valence-electron chi connectivity index (χ1n) is 17.2. The highest BCUT2D eigenvalue weighted by molar-refractivity contribution is 8.00. The molecule has 0 aliphatic heterocycles. The number of ether oxygens (including phenoxy) is 4.